The topological polar surface area (TPSA) is 56.1 Å². The lowest BCUT2D eigenvalue weighted by Gasteiger charge is -2.36. The number of rotatable bonds is 2. The molecular formula is C15H14FN5. The largest absolute Gasteiger partial charge is 0.368 e. The van der Waals surface area contributed by atoms with Crippen LogP contribution in [0.2, 0.25) is 0 Å². The summed E-state index contributed by atoms with van der Waals surface area (Å²) >= 11 is 0. The number of aromatic nitrogens is 2. The zero-order valence-corrected chi connectivity index (χ0v) is 11.4. The van der Waals surface area contributed by atoms with E-state index in [1.54, 1.807) is 18.3 Å². The average molecular weight is 283 g/mol. The number of halogens is 1. The van der Waals surface area contributed by atoms with E-state index in [0.29, 0.717) is 5.56 Å². The fourth-order valence-electron chi connectivity index (χ4n) is 2.44. The lowest BCUT2D eigenvalue weighted by Crippen LogP contribution is -2.46. The SMILES string of the molecule is N#Cc1ccnc(N2CCN(c3ccnc(F)c3)CC2)c1. The predicted octanol–water partition coefficient (Wildman–Crippen LogP) is 1.81. The maximum absolute atomic E-state index is 13.2. The summed E-state index contributed by atoms with van der Waals surface area (Å²) in [5, 5.41) is 8.93. The monoisotopic (exact) mass is 283 g/mol. The van der Waals surface area contributed by atoms with Gasteiger partial charge in [0.15, 0.2) is 0 Å². The Kier molecular flexibility index (Phi) is 3.65. The summed E-state index contributed by atoms with van der Waals surface area (Å²) in [6.07, 6.45) is 3.13. The summed E-state index contributed by atoms with van der Waals surface area (Å²) in [6.45, 7) is 3.13. The van der Waals surface area contributed by atoms with E-state index in [-0.39, 0.29) is 0 Å². The zero-order valence-electron chi connectivity index (χ0n) is 11.4. The molecule has 0 aromatic carbocycles. The Labute approximate surface area is 122 Å². The molecule has 5 nitrogen and oxygen atoms in total. The van der Waals surface area contributed by atoms with Crippen LogP contribution in [-0.4, -0.2) is 36.1 Å². The number of anilines is 2. The van der Waals surface area contributed by atoms with E-state index in [0.717, 1.165) is 37.7 Å². The molecule has 2 aromatic rings. The number of nitriles is 1. The van der Waals surface area contributed by atoms with Crippen molar-refractivity contribution in [3.63, 3.8) is 0 Å². The van der Waals surface area contributed by atoms with Gasteiger partial charge in [0.25, 0.3) is 0 Å². The van der Waals surface area contributed by atoms with Crippen molar-refractivity contribution in [2.45, 2.75) is 0 Å². The normalized spacial score (nSPS) is 14.9. The molecule has 0 bridgehead atoms. The molecule has 0 radical (unpaired) electrons. The first-order valence-corrected chi connectivity index (χ1v) is 6.74. The van der Waals surface area contributed by atoms with Gasteiger partial charge in [-0.1, -0.05) is 0 Å². The maximum Gasteiger partial charge on any atom is 0.214 e. The highest BCUT2D eigenvalue weighted by Gasteiger charge is 2.18. The highest BCUT2D eigenvalue weighted by atomic mass is 19.1. The maximum atomic E-state index is 13.2. The van der Waals surface area contributed by atoms with Crippen LogP contribution in [0.3, 0.4) is 0 Å². The molecule has 1 aliphatic heterocycles. The van der Waals surface area contributed by atoms with E-state index in [9.17, 15) is 4.39 Å². The molecule has 0 spiro atoms. The highest BCUT2D eigenvalue weighted by Crippen LogP contribution is 2.19. The third-order valence-corrected chi connectivity index (χ3v) is 3.55. The highest BCUT2D eigenvalue weighted by molar-refractivity contribution is 5.50. The fraction of sp³-hybridized carbons (Fsp3) is 0.267. The minimum absolute atomic E-state index is 0.460. The van der Waals surface area contributed by atoms with E-state index in [1.807, 2.05) is 6.07 Å². The van der Waals surface area contributed by atoms with Crippen LogP contribution in [0.1, 0.15) is 5.56 Å². The van der Waals surface area contributed by atoms with Crippen LogP contribution in [0, 0.1) is 17.3 Å². The standard InChI is InChI=1S/C15H14FN5/c16-14-10-13(2-4-18-14)20-5-7-21(8-6-20)15-9-12(11-17)1-3-19-15/h1-4,9-10H,5-8H2. The van der Waals surface area contributed by atoms with Crippen LogP contribution in [0.25, 0.3) is 0 Å². The average Bonchev–Trinajstić information content (AvgIpc) is 2.55. The van der Waals surface area contributed by atoms with Crippen molar-refractivity contribution in [1.82, 2.24) is 9.97 Å². The first-order valence-electron chi connectivity index (χ1n) is 6.74. The van der Waals surface area contributed by atoms with E-state index in [1.165, 1.54) is 12.3 Å². The minimum atomic E-state index is -0.460. The van der Waals surface area contributed by atoms with E-state index < -0.39 is 5.95 Å². The van der Waals surface area contributed by atoms with Crippen LogP contribution in [-0.2, 0) is 0 Å². The molecule has 106 valence electrons. The minimum Gasteiger partial charge on any atom is -0.368 e. The molecule has 0 unspecified atom stereocenters. The molecule has 2 aromatic heterocycles. The summed E-state index contributed by atoms with van der Waals surface area (Å²) in [6, 6.07) is 8.87. The second-order valence-electron chi connectivity index (χ2n) is 4.83. The molecule has 0 amide bonds. The third-order valence-electron chi connectivity index (χ3n) is 3.55. The summed E-state index contributed by atoms with van der Waals surface area (Å²) in [5.74, 6) is 0.355. The van der Waals surface area contributed by atoms with Gasteiger partial charge in [-0.15, -0.1) is 0 Å². The van der Waals surface area contributed by atoms with Crippen molar-refractivity contribution in [2.75, 3.05) is 36.0 Å². The lowest BCUT2D eigenvalue weighted by atomic mass is 10.2. The summed E-state index contributed by atoms with van der Waals surface area (Å²) in [4.78, 5) is 12.1. The molecule has 3 rings (SSSR count). The zero-order chi connectivity index (χ0) is 14.7. The molecule has 1 aliphatic rings. The Balaban J connectivity index is 1.69. The van der Waals surface area contributed by atoms with Crippen molar-refractivity contribution >= 4 is 11.5 Å². The third kappa shape index (κ3) is 2.92. The number of nitrogens with zero attached hydrogens (tertiary/aromatic N) is 5. The lowest BCUT2D eigenvalue weighted by molar-refractivity contribution is 0.580. The summed E-state index contributed by atoms with van der Waals surface area (Å²) in [7, 11) is 0. The summed E-state index contributed by atoms with van der Waals surface area (Å²) in [5.41, 5.74) is 1.46. The van der Waals surface area contributed by atoms with Gasteiger partial charge >= 0.3 is 0 Å². The fourth-order valence-corrected chi connectivity index (χ4v) is 2.44. The van der Waals surface area contributed by atoms with Gasteiger partial charge in [0.1, 0.15) is 5.82 Å². The van der Waals surface area contributed by atoms with Crippen molar-refractivity contribution in [3.8, 4) is 6.07 Å². The van der Waals surface area contributed by atoms with Crippen LogP contribution in [0.15, 0.2) is 36.7 Å². The quantitative estimate of drug-likeness (QED) is 0.787. The Hall–Kier alpha value is -2.68. The van der Waals surface area contributed by atoms with Gasteiger partial charge in [-0.05, 0) is 18.2 Å². The Morgan fingerprint density at radius 2 is 1.71 bits per heavy atom. The molecule has 21 heavy (non-hydrogen) atoms. The molecular weight excluding hydrogens is 269 g/mol. The first-order chi connectivity index (χ1) is 10.3. The van der Waals surface area contributed by atoms with Crippen LogP contribution >= 0.6 is 0 Å². The van der Waals surface area contributed by atoms with Crippen molar-refractivity contribution < 1.29 is 4.39 Å². The van der Waals surface area contributed by atoms with Gasteiger partial charge in [-0.25, -0.2) is 9.97 Å². The second kappa shape index (κ2) is 5.75. The van der Waals surface area contributed by atoms with E-state index in [2.05, 4.69) is 25.8 Å². The van der Waals surface area contributed by atoms with Gasteiger partial charge in [0.05, 0.1) is 11.6 Å². The van der Waals surface area contributed by atoms with Gasteiger partial charge in [0, 0.05) is 50.3 Å². The summed E-state index contributed by atoms with van der Waals surface area (Å²) < 4.78 is 13.2. The van der Waals surface area contributed by atoms with Gasteiger partial charge < -0.3 is 9.80 Å². The Morgan fingerprint density at radius 3 is 2.43 bits per heavy atom. The van der Waals surface area contributed by atoms with Crippen LogP contribution < -0.4 is 9.80 Å². The van der Waals surface area contributed by atoms with Crippen LogP contribution in [0.4, 0.5) is 15.9 Å². The van der Waals surface area contributed by atoms with E-state index >= 15 is 0 Å². The molecule has 6 heteroatoms. The van der Waals surface area contributed by atoms with Gasteiger partial charge in [-0.3, -0.25) is 0 Å². The Bertz CT molecular complexity index is 674. The molecule has 0 aliphatic carbocycles. The van der Waals surface area contributed by atoms with Gasteiger partial charge in [0.2, 0.25) is 5.95 Å². The van der Waals surface area contributed by atoms with E-state index in [4.69, 9.17) is 5.26 Å². The molecule has 1 fully saturated rings. The smallest absolute Gasteiger partial charge is 0.214 e. The molecule has 1 saturated heterocycles. The molecule has 3 heterocycles. The molecule has 0 saturated carbocycles. The number of piperazine rings is 1. The van der Waals surface area contributed by atoms with Gasteiger partial charge in [-0.2, -0.15) is 9.65 Å². The number of hydrogen-bond donors (Lipinski definition) is 0. The predicted molar refractivity (Wildman–Crippen MR) is 77.6 cm³/mol. The number of pyridine rings is 2. The van der Waals surface area contributed by atoms with Crippen LogP contribution in [0.5, 0.6) is 0 Å². The van der Waals surface area contributed by atoms with Crippen molar-refractivity contribution in [2.24, 2.45) is 0 Å². The molecule has 0 N–H and O–H groups in total. The Morgan fingerprint density at radius 1 is 1.00 bits per heavy atom. The second-order valence-corrected chi connectivity index (χ2v) is 4.83. The van der Waals surface area contributed by atoms with Crippen molar-refractivity contribution in [3.05, 3.63) is 48.2 Å². The molecule has 0 atom stereocenters. The van der Waals surface area contributed by atoms with Crippen molar-refractivity contribution in [1.29, 1.82) is 5.26 Å². The number of hydrogen-bond acceptors (Lipinski definition) is 5. The first kappa shape index (κ1) is 13.3.